The van der Waals surface area contributed by atoms with E-state index in [1.54, 1.807) is 0 Å². The minimum absolute atomic E-state index is 0.0329. The Morgan fingerprint density at radius 3 is 2.05 bits per heavy atom. The quantitative estimate of drug-likeness (QED) is 0.355. The van der Waals surface area contributed by atoms with E-state index in [2.05, 4.69) is 20.3 Å². The highest BCUT2D eigenvalue weighted by atomic mass is 32.2. The van der Waals surface area contributed by atoms with Gasteiger partial charge < -0.3 is 16.2 Å². The first kappa shape index (κ1) is 32.9. The lowest BCUT2D eigenvalue weighted by Crippen LogP contribution is -2.65. The third-order valence-corrected chi connectivity index (χ3v) is 9.65. The van der Waals surface area contributed by atoms with Crippen LogP contribution in [0.5, 0.6) is 0 Å². The Morgan fingerprint density at radius 1 is 1.05 bits per heavy atom. The Balaban J connectivity index is 2.17. The number of anilines is 1. The van der Waals surface area contributed by atoms with Crippen LogP contribution in [0, 0.1) is 0 Å². The van der Waals surface area contributed by atoms with E-state index in [1.807, 2.05) is 0 Å². The van der Waals surface area contributed by atoms with Gasteiger partial charge in [0, 0.05) is 56.4 Å². The Morgan fingerprint density at radius 2 is 1.61 bits per heavy atom. The summed E-state index contributed by atoms with van der Waals surface area (Å²) in [5, 5.41) is 12.6. The summed E-state index contributed by atoms with van der Waals surface area (Å²) in [6.07, 6.45) is -10.3. The number of aliphatic hydroxyl groups is 1. The standard InChI is InChI=1S/C21H27F6N7O5S2/c1-13(2)34(40(3,36)37)12-18(11-33(7-6-32-18)41(38,39)15-4-5-16(28)29-10-15)17-30-8-14(9-31-17)19(35,20(22,23)24)21(25,26)27/h4-5,8-10,13,32,35H,6-7,11-12H2,1-3H3,(H2,28,29)/t18-/m1/s1. The number of alkyl halides is 6. The van der Waals surface area contributed by atoms with Gasteiger partial charge in [0.1, 0.15) is 16.3 Å². The van der Waals surface area contributed by atoms with Crippen molar-refractivity contribution in [1.82, 2.24) is 28.9 Å². The molecule has 0 amide bonds. The van der Waals surface area contributed by atoms with Gasteiger partial charge in [0.05, 0.1) is 6.26 Å². The fourth-order valence-electron chi connectivity index (χ4n) is 4.28. The second kappa shape index (κ2) is 10.9. The summed E-state index contributed by atoms with van der Waals surface area (Å²) in [5.74, 6) is -0.483. The molecule has 1 saturated heterocycles. The first-order chi connectivity index (χ1) is 18.6. The monoisotopic (exact) mass is 635 g/mol. The molecule has 0 aromatic carbocycles. The lowest BCUT2D eigenvalue weighted by molar-refractivity contribution is -0.376. The number of aromatic nitrogens is 3. The Kier molecular flexibility index (Phi) is 8.72. The molecule has 0 radical (unpaired) electrons. The van der Waals surface area contributed by atoms with Gasteiger partial charge in [0.2, 0.25) is 20.0 Å². The molecule has 1 fully saturated rings. The van der Waals surface area contributed by atoms with Gasteiger partial charge in [0.25, 0.3) is 5.60 Å². The van der Waals surface area contributed by atoms with Gasteiger partial charge in [-0.3, -0.25) is 0 Å². The fraction of sp³-hybridized carbons (Fsp3) is 0.571. The molecule has 2 aromatic heterocycles. The van der Waals surface area contributed by atoms with Crippen LogP contribution in [0.25, 0.3) is 0 Å². The third kappa shape index (κ3) is 6.26. The number of piperazine rings is 1. The van der Waals surface area contributed by atoms with Crippen LogP contribution < -0.4 is 11.1 Å². The largest absolute Gasteiger partial charge is 0.430 e. The molecule has 12 nitrogen and oxygen atoms in total. The normalized spacial score (nSPS) is 20.1. The van der Waals surface area contributed by atoms with Crippen molar-refractivity contribution in [2.45, 2.75) is 48.3 Å². The highest BCUT2D eigenvalue weighted by Gasteiger charge is 2.72. The van der Waals surface area contributed by atoms with Crippen LogP contribution in [-0.2, 0) is 31.2 Å². The van der Waals surface area contributed by atoms with Crippen LogP contribution in [0.15, 0.2) is 35.6 Å². The number of nitrogens with two attached hydrogens (primary N) is 1. The summed E-state index contributed by atoms with van der Waals surface area (Å²) in [4.78, 5) is 10.8. The van der Waals surface area contributed by atoms with Crippen LogP contribution in [0.3, 0.4) is 0 Å². The summed E-state index contributed by atoms with van der Waals surface area (Å²) in [6.45, 7) is 1.57. The number of hydrogen-bond donors (Lipinski definition) is 3. The van der Waals surface area contributed by atoms with Crippen molar-refractivity contribution >= 4 is 25.9 Å². The molecule has 0 aliphatic carbocycles. The molecule has 2 aromatic rings. The van der Waals surface area contributed by atoms with Crippen molar-refractivity contribution < 1.29 is 48.3 Å². The molecule has 20 heteroatoms. The van der Waals surface area contributed by atoms with E-state index in [9.17, 15) is 48.3 Å². The zero-order chi connectivity index (χ0) is 31.2. The summed E-state index contributed by atoms with van der Waals surface area (Å²) < 4.78 is 134. The number of hydrogen-bond acceptors (Lipinski definition) is 10. The summed E-state index contributed by atoms with van der Waals surface area (Å²) in [6, 6.07) is 1.70. The average Bonchev–Trinajstić information content (AvgIpc) is 2.85. The van der Waals surface area contributed by atoms with Crippen LogP contribution in [0.1, 0.15) is 25.2 Å². The molecule has 0 spiro atoms. The van der Waals surface area contributed by atoms with Gasteiger partial charge in [-0.05, 0) is 26.0 Å². The lowest BCUT2D eigenvalue weighted by Gasteiger charge is -2.44. The molecule has 1 aliphatic rings. The van der Waals surface area contributed by atoms with E-state index < -0.39 is 74.1 Å². The van der Waals surface area contributed by atoms with Crippen molar-refractivity contribution in [2.24, 2.45) is 0 Å². The molecule has 1 aliphatic heterocycles. The number of halogens is 6. The van der Waals surface area contributed by atoms with Crippen LogP contribution >= 0.6 is 0 Å². The van der Waals surface area contributed by atoms with Crippen molar-refractivity contribution in [3.8, 4) is 0 Å². The predicted molar refractivity (Wildman–Crippen MR) is 132 cm³/mol. The van der Waals surface area contributed by atoms with Gasteiger partial charge in [-0.25, -0.2) is 31.8 Å². The Hall–Kier alpha value is -2.65. The first-order valence-corrected chi connectivity index (χ1v) is 15.0. The van der Waals surface area contributed by atoms with Gasteiger partial charge in [0.15, 0.2) is 5.82 Å². The van der Waals surface area contributed by atoms with Gasteiger partial charge in [-0.2, -0.15) is 35.0 Å². The van der Waals surface area contributed by atoms with Crippen LogP contribution in [0.2, 0.25) is 0 Å². The minimum Gasteiger partial charge on any atom is -0.384 e. The maximum atomic E-state index is 13.4. The lowest BCUT2D eigenvalue weighted by atomic mass is 9.93. The summed E-state index contributed by atoms with van der Waals surface area (Å²) in [5.41, 5.74) is -3.38. The molecule has 4 N–H and O–H groups in total. The average molecular weight is 636 g/mol. The van der Waals surface area contributed by atoms with E-state index in [0.29, 0.717) is 0 Å². The summed E-state index contributed by atoms with van der Waals surface area (Å²) >= 11 is 0. The number of rotatable bonds is 8. The first-order valence-electron chi connectivity index (χ1n) is 11.7. The molecule has 0 unspecified atom stereocenters. The van der Waals surface area contributed by atoms with Crippen molar-refractivity contribution in [3.63, 3.8) is 0 Å². The van der Waals surface area contributed by atoms with E-state index in [4.69, 9.17) is 5.73 Å². The Labute approximate surface area is 231 Å². The molecule has 0 bridgehead atoms. The fourth-order valence-corrected chi connectivity index (χ4v) is 6.95. The van der Waals surface area contributed by atoms with Gasteiger partial charge in [-0.15, -0.1) is 0 Å². The maximum Gasteiger partial charge on any atom is 0.430 e. The predicted octanol–water partition coefficient (Wildman–Crippen LogP) is 0.925. The number of nitrogens with one attached hydrogen (secondary N) is 1. The van der Waals surface area contributed by atoms with Crippen LogP contribution in [-0.4, -0.2) is 96.3 Å². The number of nitrogens with zero attached hydrogens (tertiary/aromatic N) is 5. The number of sulfonamides is 2. The second-order valence-electron chi connectivity index (χ2n) is 9.67. The molecular weight excluding hydrogens is 608 g/mol. The van der Waals surface area contributed by atoms with Crippen LogP contribution in [0.4, 0.5) is 32.2 Å². The highest BCUT2D eigenvalue weighted by molar-refractivity contribution is 7.89. The van der Waals surface area contributed by atoms with Crippen molar-refractivity contribution in [2.75, 3.05) is 38.2 Å². The van der Waals surface area contributed by atoms with E-state index in [-0.39, 0.29) is 36.2 Å². The number of nitrogen functional groups attached to an aromatic ring is 1. The van der Waals surface area contributed by atoms with E-state index in [1.165, 1.54) is 26.0 Å². The molecule has 3 heterocycles. The maximum absolute atomic E-state index is 13.4. The minimum atomic E-state index is -6.19. The molecule has 3 rings (SSSR count). The van der Waals surface area contributed by atoms with E-state index >= 15 is 0 Å². The zero-order valence-electron chi connectivity index (χ0n) is 21.8. The SMILES string of the molecule is CC(C)N(C[C@@]1(c2ncc(C(O)(C(F)(F)F)C(F)(F)F)cn2)CN(S(=O)(=O)c2ccc(N)nc2)CCN1)S(C)(=O)=O. The molecule has 230 valence electrons. The zero-order valence-corrected chi connectivity index (χ0v) is 23.4. The molecule has 1 atom stereocenters. The smallest absolute Gasteiger partial charge is 0.384 e. The third-order valence-electron chi connectivity index (χ3n) is 6.41. The highest BCUT2D eigenvalue weighted by Crippen LogP contribution is 2.49. The molecular formula is C21H27F6N7O5S2. The summed E-state index contributed by atoms with van der Waals surface area (Å²) in [7, 11) is -8.29. The molecule has 0 saturated carbocycles. The van der Waals surface area contributed by atoms with Gasteiger partial charge >= 0.3 is 12.4 Å². The van der Waals surface area contributed by atoms with Crippen molar-refractivity contribution in [1.29, 1.82) is 0 Å². The molecule has 41 heavy (non-hydrogen) atoms. The van der Waals surface area contributed by atoms with Crippen molar-refractivity contribution in [3.05, 3.63) is 42.1 Å². The van der Waals surface area contributed by atoms with Gasteiger partial charge in [-0.1, -0.05) is 0 Å². The topological polar surface area (TPSA) is 172 Å². The second-order valence-corrected chi connectivity index (χ2v) is 13.5. The number of pyridine rings is 1. The Bertz CT molecular complexity index is 1440. The van der Waals surface area contributed by atoms with E-state index in [0.717, 1.165) is 21.1 Å².